The van der Waals surface area contributed by atoms with Gasteiger partial charge in [-0.1, -0.05) is 6.07 Å². The molecule has 0 bridgehead atoms. The van der Waals surface area contributed by atoms with Crippen molar-refractivity contribution in [1.82, 2.24) is 10.2 Å². The molecule has 2 heterocycles. The Bertz CT molecular complexity index is 710. The molecule has 0 saturated carbocycles. The summed E-state index contributed by atoms with van der Waals surface area (Å²) in [6, 6.07) is 12.8. The number of piperidine rings is 1. The van der Waals surface area contributed by atoms with Crippen LogP contribution in [0.5, 0.6) is 0 Å². The lowest BCUT2D eigenvalue weighted by atomic mass is 9.96. The topological polar surface area (TPSA) is 69.3 Å². The van der Waals surface area contributed by atoms with Crippen LogP contribution >= 0.6 is 0 Å². The van der Waals surface area contributed by atoms with Crippen LogP contribution in [0, 0.1) is 17.2 Å². The molecular weight excluding hydrogens is 302 g/mol. The highest BCUT2D eigenvalue weighted by Gasteiger charge is 2.20. The molecule has 1 aliphatic rings. The fourth-order valence-electron chi connectivity index (χ4n) is 3.04. The Hall–Kier alpha value is -2.58. The minimum Gasteiger partial charge on any atom is -0.468 e. The maximum Gasteiger partial charge on any atom is 0.251 e. The number of nitrogens with one attached hydrogen (secondary N) is 1. The monoisotopic (exact) mass is 323 g/mol. The first-order valence-corrected chi connectivity index (χ1v) is 8.27. The van der Waals surface area contributed by atoms with E-state index in [1.54, 1.807) is 30.5 Å². The Morgan fingerprint density at radius 2 is 2.12 bits per heavy atom. The van der Waals surface area contributed by atoms with Gasteiger partial charge >= 0.3 is 0 Å². The van der Waals surface area contributed by atoms with Gasteiger partial charge in [-0.3, -0.25) is 9.69 Å². The van der Waals surface area contributed by atoms with Crippen molar-refractivity contribution in [2.24, 2.45) is 5.92 Å². The number of carbonyl (C=O) groups excluding carboxylic acids is 1. The molecule has 124 valence electrons. The standard InChI is InChI=1S/C19H21N3O2/c20-12-16-3-1-4-17(11-16)19(23)21-13-15-6-8-22(9-7-15)14-18-5-2-10-24-18/h1-5,10-11,15H,6-9,13-14H2,(H,21,23). The molecule has 0 radical (unpaired) electrons. The maximum atomic E-state index is 12.2. The Kier molecular flexibility index (Phi) is 5.29. The first-order chi connectivity index (χ1) is 11.7. The zero-order chi connectivity index (χ0) is 16.8. The van der Waals surface area contributed by atoms with Crippen molar-refractivity contribution in [3.8, 4) is 6.07 Å². The van der Waals surface area contributed by atoms with E-state index >= 15 is 0 Å². The Labute approximate surface area is 141 Å². The summed E-state index contributed by atoms with van der Waals surface area (Å²) in [5.41, 5.74) is 1.05. The second kappa shape index (κ2) is 7.80. The van der Waals surface area contributed by atoms with Crippen LogP contribution in [0.3, 0.4) is 0 Å². The van der Waals surface area contributed by atoms with Crippen LogP contribution in [0.15, 0.2) is 47.1 Å². The Balaban J connectivity index is 1.43. The van der Waals surface area contributed by atoms with Gasteiger partial charge < -0.3 is 9.73 Å². The first-order valence-electron chi connectivity index (χ1n) is 8.27. The smallest absolute Gasteiger partial charge is 0.251 e. The molecule has 1 aromatic heterocycles. The zero-order valence-corrected chi connectivity index (χ0v) is 13.6. The van der Waals surface area contributed by atoms with Gasteiger partial charge in [0.05, 0.1) is 24.4 Å². The Morgan fingerprint density at radius 3 is 2.83 bits per heavy atom. The summed E-state index contributed by atoms with van der Waals surface area (Å²) in [5, 5.41) is 11.9. The van der Waals surface area contributed by atoms with E-state index in [0.717, 1.165) is 38.2 Å². The summed E-state index contributed by atoms with van der Waals surface area (Å²) in [6.45, 7) is 3.58. The van der Waals surface area contributed by atoms with E-state index in [1.165, 1.54) is 0 Å². The van der Waals surface area contributed by atoms with Crippen LogP contribution in [0.25, 0.3) is 0 Å². The third kappa shape index (κ3) is 4.24. The fourth-order valence-corrected chi connectivity index (χ4v) is 3.04. The number of nitriles is 1. The average molecular weight is 323 g/mol. The number of likely N-dealkylation sites (tertiary alicyclic amines) is 1. The number of hydrogen-bond donors (Lipinski definition) is 1. The van der Waals surface area contributed by atoms with Gasteiger partial charge in [0.25, 0.3) is 5.91 Å². The summed E-state index contributed by atoms with van der Waals surface area (Å²) < 4.78 is 5.39. The lowest BCUT2D eigenvalue weighted by Gasteiger charge is -2.31. The normalized spacial score (nSPS) is 15.8. The van der Waals surface area contributed by atoms with Gasteiger partial charge in [0, 0.05) is 12.1 Å². The van der Waals surface area contributed by atoms with E-state index in [1.807, 2.05) is 12.1 Å². The van der Waals surface area contributed by atoms with E-state index in [-0.39, 0.29) is 5.91 Å². The molecule has 0 aliphatic carbocycles. The molecule has 3 rings (SSSR count). The van der Waals surface area contributed by atoms with Crippen LogP contribution in [0.4, 0.5) is 0 Å². The molecule has 1 N–H and O–H groups in total. The molecule has 0 spiro atoms. The average Bonchev–Trinajstić information content (AvgIpc) is 3.14. The van der Waals surface area contributed by atoms with E-state index in [4.69, 9.17) is 9.68 Å². The maximum absolute atomic E-state index is 12.2. The quantitative estimate of drug-likeness (QED) is 0.918. The van der Waals surface area contributed by atoms with Crippen LogP contribution in [0.2, 0.25) is 0 Å². The van der Waals surface area contributed by atoms with Gasteiger partial charge in [-0.2, -0.15) is 5.26 Å². The highest BCUT2D eigenvalue weighted by Crippen LogP contribution is 2.18. The van der Waals surface area contributed by atoms with Crippen molar-refractivity contribution >= 4 is 5.91 Å². The third-order valence-corrected chi connectivity index (χ3v) is 4.47. The van der Waals surface area contributed by atoms with Crippen molar-refractivity contribution < 1.29 is 9.21 Å². The van der Waals surface area contributed by atoms with Crippen LogP contribution in [-0.2, 0) is 6.54 Å². The number of rotatable bonds is 5. The molecule has 5 nitrogen and oxygen atoms in total. The number of hydrogen-bond acceptors (Lipinski definition) is 4. The molecule has 0 atom stereocenters. The van der Waals surface area contributed by atoms with E-state index < -0.39 is 0 Å². The highest BCUT2D eigenvalue weighted by atomic mass is 16.3. The van der Waals surface area contributed by atoms with Crippen LogP contribution < -0.4 is 5.32 Å². The number of carbonyl (C=O) groups is 1. The second-order valence-electron chi connectivity index (χ2n) is 6.20. The molecule has 1 saturated heterocycles. The Morgan fingerprint density at radius 1 is 1.29 bits per heavy atom. The van der Waals surface area contributed by atoms with Crippen LogP contribution in [0.1, 0.15) is 34.5 Å². The summed E-state index contributed by atoms with van der Waals surface area (Å²) in [6.07, 6.45) is 3.84. The van der Waals surface area contributed by atoms with Gasteiger partial charge in [-0.15, -0.1) is 0 Å². The molecule has 2 aromatic rings. The van der Waals surface area contributed by atoms with Crippen LogP contribution in [-0.4, -0.2) is 30.4 Å². The van der Waals surface area contributed by atoms with E-state index in [0.29, 0.717) is 23.6 Å². The van der Waals surface area contributed by atoms with Crippen molar-refractivity contribution in [1.29, 1.82) is 5.26 Å². The molecular formula is C19H21N3O2. The molecule has 1 amide bonds. The summed E-state index contributed by atoms with van der Waals surface area (Å²) >= 11 is 0. The predicted octanol–water partition coefficient (Wildman–Crippen LogP) is 2.79. The van der Waals surface area contributed by atoms with Gasteiger partial charge in [0.2, 0.25) is 0 Å². The minimum absolute atomic E-state index is 0.106. The summed E-state index contributed by atoms with van der Waals surface area (Å²) in [5.74, 6) is 1.39. The van der Waals surface area contributed by atoms with Crippen molar-refractivity contribution in [2.45, 2.75) is 19.4 Å². The van der Waals surface area contributed by atoms with Crippen molar-refractivity contribution in [3.63, 3.8) is 0 Å². The number of benzene rings is 1. The van der Waals surface area contributed by atoms with Gasteiger partial charge in [-0.05, 0) is 62.2 Å². The largest absolute Gasteiger partial charge is 0.468 e. The van der Waals surface area contributed by atoms with Gasteiger partial charge in [0.1, 0.15) is 5.76 Å². The van der Waals surface area contributed by atoms with Gasteiger partial charge in [-0.25, -0.2) is 0 Å². The minimum atomic E-state index is -0.106. The van der Waals surface area contributed by atoms with Crippen molar-refractivity contribution in [3.05, 3.63) is 59.5 Å². The summed E-state index contributed by atoms with van der Waals surface area (Å²) in [4.78, 5) is 14.6. The fraction of sp³-hybridized carbons (Fsp3) is 0.368. The molecule has 1 aliphatic heterocycles. The number of amides is 1. The van der Waals surface area contributed by atoms with E-state index in [9.17, 15) is 4.79 Å². The van der Waals surface area contributed by atoms with Crippen molar-refractivity contribution in [2.75, 3.05) is 19.6 Å². The molecule has 1 aromatic carbocycles. The third-order valence-electron chi connectivity index (χ3n) is 4.47. The zero-order valence-electron chi connectivity index (χ0n) is 13.6. The first kappa shape index (κ1) is 16.3. The summed E-state index contributed by atoms with van der Waals surface area (Å²) in [7, 11) is 0. The highest BCUT2D eigenvalue weighted by molar-refractivity contribution is 5.94. The second-order valence-corrected chi connectivity index (χ2v) is 6.20. The number of furan rings is 1. The predicted molar refractivity (Wildman–Crippen MR) is 90.2 cm³/mol. The lowest BCUT2D eigenvalue weighted by molar-refractivity contribution is 0.0934. The lowest BCUT2D eigenvalue weighted by Crippen LogP contribution is -2.38. The van der Waals surface area contributed by atoms with Gasteiger partial charge in [0.15, 0.2) is 0 Å². The molecule has 24 heavy (non-hydrogen) atoms. The molecule has 5 heteroatoms. The van der Waals surface area contributed by atoms with E-state index in [2.05, 4.69) is 16.3 Å². The molecule has 0 unspecified atom stereocenters. The number of nitrogens with zero attached hydrogens (tertiary/aromatic N) is 2. The SMILES string of the molecule is N#Cc1cccc(C(=O)NCC2CCN(Cc3ccco3)CC2)c1. The molecule has 1 fully saturated rings.